The van der Waals surface area contributed by atoms with Crippen LogP contribution >= 0.6 is 0 Å². The zero-order valence-electron chi connectivity index (χ0n) is 20.3. The third-order valence-electron chi connectivity index (χ3n) is 7.34. The number of H-pyrrole nitrogens is 1. The number of hydrogen-bond donors (Lipinski definition) is 3. The smallest absolute Gasteiger partial charge is 0.133 e. The van der Waals surface area contributed by atoms with Gasteiger partial charge in [0.05, 0.1) is 18.8 Å². The Labute approximate surface area is 208 Å². The second-order valence-corrected chi connectivity index (χ2v) is 10.1. The predicted molar refractivity (Wildman–Crippen MR) is 132 cm³/mol. The molecule has 9 heteroatoms. The average molecular weight is 505 g/mol. The quantitative estimate of drug-likeness (QED) is 0.373. The molecule has 0 aliphatic carbocycles. The standard InChI is InChI=1S/C27H32F4N4O/c1-16(15-36)12-35-8-5-20-21-9-17(29)3-4-24(21)33-26(20)27(35)25-22(30)10-18(11-23(25)31)32-19-13-34(14-19)7-2-6-28/h3-4,9-11,16,19,27,32-33,36H,2,5-8,12-15H2,1H3. The summed E-state index contributed by atoms with van der Waals surface area (Å²) in [6.45, 7) is 4.57. The summed E-state index contributed by atoms with van der Waals surface area (Å²) in [6, 6.07) is 6.46. The number of nitrogens with one attached hydrogen (secondary N) is 2. The molecule has 0 saturated carbocycles. The molecular formula is C27H32F4N4O. The zero-order chi connectivity index (χ0) is 25.4. The summed E-state index contributed by atoms with van der Waals surface area (Å²) in [5.41, 5.74) is 2.56. The number of fused-ring (bicyclic) bond motifs is 3. The van der Waals surface area contributed by atoms with Gasteiger partial charge in [0.1, 0.15) is 17.5 Å². The van der Waals surface area contributed by atoms with E-state index in [2.05, 4.69) is 15.2 Å². The molecule has 2 atom stereocenters. The third-order valence-corrected chi connectivity index (χ3v) is 7.34. The van der Waals surface area contributed by atoms with E-state index >= 15 is 8.78 Å². The molecule has 36 heavy (non-hydrogen) atoms. The minimum absolute atomic E-state index is 0.0362. The van der Waals surface area contributed by atoms with E-state index in [0.29, 0.717) is 56.9 Å². The molecule has 2 unspecified atom stereocenters. The van der Waals surface area contributed by atoms with E-state index < -0.39 is 17.7 Å². The van der Waals surface area contributed by atoms with Crippen LogP contribution in [0.3, 0.4) is 0 Å². The molecule has 0 spiro atoms. The van der Waals surface area contributed by atoms with Crippen molar-refractivity contribution in [3.05, 3.63) is 64.6 Å². The Morgan fingerprint density at radius 3 is 2.58 bits per heavy atom. The Morgan fingerprint density at radius 2 is 1.89 bits per heavy atom. The molecule has 3 aromatic rings. The number of aliphatic hydroxyl groups excluding tert-OH is 1. The number of aliphatic hydroxyl groups is 1. The normalized spacial score (nSPS) is 19.9. The fourth-order valence-corrected chi connectivity index (χ4v) is 5.58. The maximum absolute atomic E-state index is 15.6. The SMILES string of the molecule is CC(CO)CN1CCc2c([nH]c3ccc(F)cc23)C1c1c(F)cc(NC2CN(CCCF)C2)cc1F. The van der Waals surface area contributed by atoms with E-state index in [1.54, 1.807) is 6.07 Å². The van der Waals surface area contributed by atoms with Gasteiger partial charge in [0.2, 0.25) is 0 Å². The molecule has 194 valence electrons. The van der Waals surface area contributed by atoms with Crippen LogP contribution in [-0.2, 0) is 6.42 Å². The number of hydrogen-bond acceptors (Lipinski definition) is 4. The van der Waals surface area contributed by atoms with Gasteiger partial charge in [-0.3, -0.25) is 14.2 Å². The van der Waals surface area contributed by atoms with Crippen LogP contribution in [0.2, 0.25) is 0 Å². The summed E-state index contributed by atoms with van der Waals surface area (Å²) in [5, 5.41) is 13.5. The lowest BCUT2D eigenvalue weighted by molar-refractivity contribution is 0.140. The van der Waals surface area contributed by atoms with Crippen molar-refractivity contribution in [1.29, 1.82) is 0 Å². The van der Waals surface area contributed by atoms with Gasteiger partial charge >= 0.3 is 0 Å². The van der Waals surface area contributed by atoms with Crippen LogP contribution in [0.15, 0.2) is 30.3 Å². The highest BCUT2D eigenvalue weighted by Crippen LogP contribution is 2.41. The molecule has 5 rings (SSSR count). The summed E-state index contributed by atoms with van der Waals surface area (Å²) in [7, 11) is 0. The largest absolute Gasteiger partial charge is 0.396 e. The molecule has 2 aliphatic rings. The molecule has 1 aromatic heterocycles. The van der Waals surface area contributed by atoms with Gasteiger partial charge in [0.25, 0.3) is 0 Å². The predicted octanol–water partition coefficient (Wildman–Crippen LogP) is 4.62. The van der Waals surface area contributed by atoms with Crippen LogP contribution in [-0.4, -0.2) is 71.9 Å². The number of rotatable bonds is 9. The van der Waals surface area contributed by atoms with Crippen molar-refractivity contribution in [2.45, 2.75) is 31.8 Å². The Morgan fingerprint density at radius 1 is 1.14 bits per heavy atom. The Balaban J connectivity index is 1.47. The number of nitrogens with zero attached hydrogens (tertiary/aromatic N) is 2. The molecule has 2 aromatic carbocycles. The fraction of sp³-hybridized carbons (Fsp3) is 0.481. The van der Waals surface area contributed by atoms with Crippen molar-refractivity contribution in [3.63, 3.8) is 0 Å². The lowest BCUT2D eigenvalue weighted by Gasteiger charge is -2.40. The van der Waals surface area contributed by atoms with Crippen molar-refractivity contribution in [2.24, 2.45) is 5.92 Å². The van der Waals surface area contributed by atoms with Gasteiger partial charge in [-0.25, -0.2) is 13.2 Å². The number of likely N-dealkylation sites (tertiary alicyclic amines) is 1. The molecule has 3 heterocycles. The van der Waals surface area contributed by atoms with Gasteiger partial charge < -0.3 is 15.4 Å². The Kier molecular flexibility index (Phi) is 7.23. The first-order valence-electron chi connectivity index (χ1n) is 12.6. The van der Waals surface area contributed by atoms with E-state index in [1.165, 1.54) is 24.3 Å². The number of halogens is 4. The molecule has 0 radical (unpaired) electrons. The molecular weight excluding hydrogens is 472 g/mol. The molecule has 0 bridgehead atoms. The van der Waals surface area contributed by atoms with Gasteiger partial charge in [-0.1, -0.05) is 6.92 Å². The molecule has 2 aliphatic heterocycles. The summed E-state index contributed by atoms with van der Waals surface area (Å²) >= 11 is 0. The first-order chi connectivity index (χ1) is 17.4. The number of aromatic amines is 1. The van der Waals surface area contributed by atoms with Crippen molar-refractivity contribution < 1.29 is 22.7 Å². The van der Waals surface area contributed by atoms with Crippen LogP contribution in [0, 0.1) is 23.4 Å². The van der Waals surface area contributed by atoms with Crippen LogP contribution in [0.25, 0.3) is 10.9 Å². The van der Waals surface area contributed by atoms with E-state index in [9.17, 15) is 13.9 Å². The van der Waals surface area contributed by atoms with Crippen LogP contribution in [0.5, 0.6) is 0 Å². The minimum atomic E-state index is -0.729. The number of anilines is 1. The molecule has 0 amide bonds. The Hall–Kier alpha value is -2.62. The maximum Gasteiger partial charge on any atom is 0.133 e. The highest BCUT2D eigenvalue weighted by Gasteiger charge is 2.36. The van der Waals surface area contributed by atoms with Crippen molar-refractivity contribution in [2.75, 3.05) is 51.3 Å². The lowest BCUT2D eigenvalue weighted by Crippen LogP contribution is -2.54. The number of aromatic nitrogens is 1. The second-order valence-electron chi connectivity index (χ2n) is 10.1. The van der Waals surface area contributed by atoms with Gasteiger partial charge in [-0.05, 0) is 54.7 Å². The molecule has 1 fully saturated rings. The minimum Gasteiger partial charge on any atom is -0.396 e. The summed E-state index contributed by atoms with van der Waals surface area (Å²) in [4.78, 5) is 7.38. The van der Waals surface area contributed by atoms with Crippen LogP contribution < -0.4 is 5.32 Å². The van der Waals surface area contributed by atoms with Crippen molar-refractivity contribution in [3.8, 4) is 0 Å². The van der Waals surface area contributed by atoms with Crippen LogP contribution in [0.1, 0.15) is 36.2 Å². The van der Waals surface area contributed by atoms with E-state index in [4.69, 9.17) is 0 Å². The van der Waals surface area contributed by atoms with Gasteiger partial charge in [0, 0.05) is 67.2 Å². The van der Waals surface area contributed by atoms with Gasteiger partial charge in [0.15, 0.2) is 0 Å². The van der Waals surface area contributed by atoms with E-state index in [-0.39, 0.29) is 36.6 Å². The molecule has 5 nitrogen and oxygen atoms in total. The van der Waals surface area contributed by atoms with E-state index in [0.717, 1.165) is 16.5 Å². The first kappa shape index (κ1) is 25.0. The van der Waals surface area contributed by atoms with Crippen molar-refractivity contribution >= 4 is 16.6 Å². The second kappa shape index (κ2) is 10.4. The monoisotopic (exact) mass is 504 g/mol. The molecule has 1 saturated heterocycles. The number of alkyl halides is 1. The van der Waals surface area contributed by atoms with Crippen molar-refractivity contribution in [1.82, 2.24) is 14.8 Å². The topological polar surface area (TPSA) is 54.5 Å². The first-order valence-corrected chi connectivity index (χ1v) is 12.6. The summed E-state index contributed by atoms with van der Waals surface area (Å²) < 4.78 is 57.6. The van der Waals surface area contributed by atoms with Gasteiger partial charge in [-0.2, -0.15) is 0 Å². The highest BCUT2D eigenvalue weighted by molar-refractivity contribution is 5.85. The fourth-order valence-electron chi connectivity index (χ4n) is 5.58. The average Bonchev–Trinajstić information content (AvgIpc) is 3.18. The maximum atomic E-state index is 15.6. The Bertz CT molecular complexity index is 1200. The summed E-state index contributed by atoms with van der Waals surface area (Å²) in [6.07, 6.45) is 1.09. The third kappa shape index (κ3) is 4.84. The molecule has 3 N–H and O–H groups in total. The lowest BCUT2D eigenvalue weighted by atomic mass is 9.90. The van der Waals surface area contributed by atoms with E-state index in [1.807, 2.05) is 11.8 Å². The summed E-state index contributed by atoms with van der Waals surface area (Å²) in [5.74, 6) is -1.75. The zero-order valence-corrected chi connectivity index (χ0v) is 20.3. The highest BCUT2D eigenvalue weighted by atomic mass is 19.1. The van der Waals surface area contributed by atoms with Crippen LogP contribution in [0.4, 0.5) is 23.2 Å². The number of benzene rings is 2. The van der Waals surface area contributed by atoms with Gasteiger partial charge in [-0.15, -0.1) is 0 Å².